The van der Waals surface area contributed by atoms with Crippen molar-refractivity contribution in [2.75, 3.05) is 6.61 Å². The maximum absolute atomic E-state index is 12.8. The number of amides is 2. The maximum Gasteiger partial charge on any atom is 0.276 e. The first-order valence-corrected chi connectivity index (χ1v) is 10.1. The highest BCUT2D eigenvalue weighted by atomic mass is 16.5. The largest absolute Gasteiger partial charge is 0.503 e. The third-order valence-electron chi connectivity index (χ3n) is 5.95. The quantitative estimate of drug-likeness (QED) is 0.699. The number of fused-ring (bicyclic) bond motifs is 3. The number of nitrogens with zero attached hydrogens (tertiary/aromatic N) is 5. The number of nitrogens with one attached hydrogen (secondary N) is 1. The maximum atomic E-state index is 12.8. The van der Waals surface area contributed by atoms with E-state index in [0.717, 1.165) is 31.6 Å². The van der Waals surface area contributed by atoms with Crippen molar-refractivity contribution in [3.05, 3.63) is 39.3 Å². The second-order valence-electron chi connectivity index (χ2n) is 7.89. The van der Waals surface area contributed by atoms with Crippen LogP contribution < -0.4 is 10.7 Å². The monoisotopic (exact) mass is 414 g/mol. The Bertz CT molecular complexity index is 1110. The van der Waals surface area contributed by atoms with Gasteiger partial charge in [-0.25, -0.2) is 0 Å². The highest BCUT2D eigenvalue weighted by Gasteiger charge is 2.42. The van der Waals surface area contributed by atoms with Crippen molar-refractivity contribution < 1.29 is 19.4 Å². The van der Waals surface area contributed by atoms with Crippen LogP contribution in [0.5, 0.6) is 5.75 Å². The molecular weight excluding hydrogens is 392 g/mol. The van der Waals surface area contributed by atoms with E-state index >= 15 is 0 Å². The third-order valence-corrected chi connectivity index (χ3v) is 5.95. The fraction of sp³-hybridized carbons (Fsp3) is 0.526. The normalized spacial score (nSPS) is 22.4. The molecule has 158 valence electrons. The third kappa shape index (κ3) is 2.80. The Labute approximate surface area is 171 Å². The molecule has 11 nitrogen and oxygen atoms in total. The first-order valence-electron chi connectivity index (χ1n) is 10.1. The van der Waals surface area contributed by atoms with Gasteiger partial charge in [0.25, 0.3) is 11.8 Å². The summed E-state index contributed by atoms with van der Waals surface area (Å²) in [5, 5.41) is 21.4. The average molecular weight is 414 g/mol. The topological polar surface area (TPSA) is 132 Å². The molecule has 11 heteroatoms. The van der Waals surface area contributed by atoms with E-state index in [9.17, 15) is 19.5 Å². The summed E-state index contributed by atoms with van der Waals surface area (Å²) >= 11 is 0. The van der Waals surface area contributed by atoms with Crippen molar-refractivity contribution in [1.82, 2.24) is 29.5 Å². The lowest BCUT2D eigenvalue weighted by Crippen LogP contribution is -2.49. The van der Waals surface area contributed by atoms with Gasteiger partial charge in [0.05, 0.1) is 25.7 Å². The summed E-state index contributed by atoms with van der Waals surface area (Å²) in [6, 6.07) is -0.150. The summed E-state index contributed by atoms with van der Waals surface area (Å²) in [6.45, 7) is 3.37. The predicted octanol–water partition coefficient (Wildman–Crippen LogP) is -0.388. The molecule has 0 saturated carbocycles. The van der Waals surface area contributed by atoms with Crippen LogP contribution >= 0.6 is 0 Å². The summed E-state index contributed by atoms with van der Waals surface area (Å²) in [5.41, 5.74) is -1.22. The molecule has 2 aromatic rings. The van der Waals surface area contributed by atoms with E-state index in [1.807, 2.05) is 11.5 Å². The van der Waals surface area contributed by atoms with E-state index in [1.54, 1.807) is 0 Å². The summed E-state index contributed by atoms with van der Waals surface area (Å²) in [4.78, 5) is 39.6. The Morgan fingerprint density at radius 3 is 3.00 bits per heavy atom. The molecule has 3 aliphatic heterocycles. The molecule has 1 fully saturated rings. The minimum Gasteiger partial charge on any atom is -0.503 e. The van der Waals surface area contributed by atoms with Crippen molar-refractivity contribution in [3.8, 4) is 5.75 Å². The summed E-state index contributed by atoms with van der Waals surface area (Å²) < 4.78 is 9.02. The van der Waals surface area contributed by atoms with Crippen molar-refractivity contribution in [3.63, 3.8) is 0 Å². The molecule has 0 aromatic carbocycles. The average Bonchev–Trinajstić information content (AvgIpc) is 3.32. The number of rotatable bonds is 3. The van der Waals surface area contributed by atoms with E-state index in [1.165, 1.54) is 15.7 Å². The molecule has 0 radical (unpaired) electrons. The summed E-state index contributed by atoms with van der Waals surface area (Å²) in [7, 11) is 0. The predicted molar refractivity (Wildman–Crippen MR) is 102 cm³/mol. The van der Waals surface area contributed by atoms with Crippen LogP contribution in [0.1, 0.15) is 52.3 Å². The minimum atomic E-state index is -0.874. The standard InChI is InChI=1S/C19H22N6O5/c1-10-9-30-14-8-23-7-11(16(26)17(27)15(23)19(29)25(10)14)18(28)20-6-13-22-21-12-4-2-3-5-24(12)13/h7,10,14,27H,2-6,8-9H2,1H3,(H,20,28)/t10-,14+/m0/s1. The van der Waals surface area contributed by atoms with Crippen molar-refractivity contribution in [2.24, 2.45) is 0 Å². The molecule has 0 aliphatic carbocycles. The first-order chi connectivity index (χ1) is 14.5. The van der Waals surface area contributed by atoms with Crippen LogP contribution in [-0.2, 0) is 30.8 Å². The zero-order valence-corrected chi connectivity index (χ0v) is 16.5. The Kier molecular flexibility index (Phi) is 4.35. The van der Waals surface area contributed by atoms with Gasteiger partial charge in [-0.3, -0.25) is 14.4 Å². The van der Waals surface area contributed by atoms with Gasteiger partial charge >= 0.3 is 0 Å². The summed E-state index contributed by atoms with van der Waals surface area (Å²) in [5.74, 6) is -0.322. The van der Waals surface area contributed by atoms with Gasteiger partial charge in [-0.15, -0.1) is 10.2 Å². The molecule has 2 amide bonds. The lowest BCUT2D eigenvalue weighted by Gasteiger charge is -2.33. The van der Waals surface area contributed by atoms with Crippen LogP contribution in [0, 0.1) is 0 Å². The van der Waals surface area contributed by atoms with E-state index in [0.29, 0.717) is 12.4 Å². The Morgan fingerprint density at radius 2 is 2.17 bits per heavy atom. The van der Waals surface area contributed by atoms with E-state index in [4.69, 9.17) is 4.74 Å². The molecule has 5 rings (SSSR count). The minimum absolute atomic E-state index is 0.114. The first kappa shape index (κ1) is 18.8. The van der Waals surface area contributed by atoms with Crippen LogP contribution in [0.2, 0.25) is 0 Å². The smallest absolute Gasteiger partial charge is 0.276 e. The number of hydrogen-bond donors (Lipinski definition) is 2. The number of carbonyl (C=O) groups excluding carboxylic acids is 2. The Balaban J connectivity index is 1.41. The second kappa shape index (κ2) is 6.94. The van der Waals surface area contributed by atoms with Crippen LogP contribution in [0.3, 0.4) is 0 Å². The van der Waals surface area contributed by atoms with Crippen LogP contribution in [0.25, 0.3) is 0 Å². The lowest BCUT2D eigenvalue weighted by atomic mass is 10.1. The van der Waals surface area contributed by atoms with Gasteiger partial charge in [0, 0.05) is 19.2 Å². The highest BCUT2D eigenvalue weighted by molar-refractivity contribution is 5.99. The molecule has 2 N–H and O–H groups in total. The number of hydrogen-bond acceptors (Lipinski definition) is 7. The molecule has 0 spiro atoms. The molecule has 2 aromatic heterocycles. The molecule has 30 heavy (non-hydrogen) atoms. The zero-order chi connectivity index (χ0) is 21.0. The number of pyridine rings is 1. The molecule has 3 aliphatic rings. The van der Waals surface area contributed by atoms with Gasteiger partial charge in [-0.2, -0.15) is 0 Å². The van der Waals surface area contributed by atoms with Gasteiger partial charge in [0.15, 0.2) is 23.5 Å². The summed E-state index contributed by atoms with van der Waals surface area (Å²) in [6.07, 6.45) is 3.77. The number of ether oxygens (including phenoxy) is 1. The van der Waals surface area contributed by atoms with E-state index in [-0.39, 0.29) is 30.4 Å². The molecule has 5 heterocycles. The van der Waals surface area contributed by atoms with Gasteiger partial charge < -0.3 is 29.2 Å². The van der Waals surface area contributed by atoms with E-state index in [2.05, 4.69) is 15.5 Å². The molecule has 0 unspecified atom stereocenters. The van der Waals surface area contributed by atoms with Crippen molar-refractivity contribution in [2.45, 2.75) is 58.1 Å². The fourth-order valence-corrected chi connectivity index (χ4v) is 4.39. The number of aromatic hydroxyl groups is 1. The molecule has 1 saturated heterocycles. The lowest BCUT2D eigenvalue weighted by molar-refractivity contribution is 0.00624. The van der Waals surface area contributed by atoms with Gasteiger partial charge in [-0.1, -0.05) is 0 Å². The van der Waals surface area contributed by atoms with Crippen LogP contribution in [0.4, 0.5) is 0 Å². The van der Waals surface area contributed by atoms with Crippen LogP contribution in [0.15, 0.2) is 11.0 Å². The fourth-order valence-electron chi connectivity index (χ4n) is 4.39. The molecular formula is C19H22N6O5. The molecule has 2 atom stereocenters. The second-order valence-corrected chi connectivity index (χ2v) is 7.89. The Morgan fingerprint density at radius 1 is 1.33 bits per heavy atom. The van der Waals surface area contributed by atoms with Crippen molar-refractivity contribution in [1.29, 1.82) is 0 Å². The van der Waals surface area contributed by atoms with Gasteiger partial charge in [0.2, 0.25) is 5.43 Å². The van der Waals surface area contributed by atoms with E-state index < -0.39 is 29.2 Å². The number of carbonyl (C=O) groups is 2. The number of aryl methyl sites for hydroxylation is 1. The Hall–Kier alpha value is -3.21. The highest BCUT2D eigenvalue weighted by Crippen LogP contribution is 2.29. The number of aromatic nitrogens is 4. The van der Waals surface area contributed by atoms with Gasteiger partial charge in [-0.05, 0) is 19.8 Å². The molecule has 0 bridgehead atoms. The zero-order valence-electron chi connectivity index (χ0n) is 16.5. The van der Waals surface area contributed by atoms with Crippen molar-refractivity contribution >= 4 is 11.8 Å². The van der Waals surface area contributed by atoms with Gasteiger partial charge in [0.1, 0.15) is 11.4 Å². The van der Waals surface area contributed by atoms with Crippen LogP contribution in [-0.4, -0.2) is 60.0 Å². The SMILES string of the molecule is C[C@H]1CO[C@@H]2Cn3cc(C(=O)NCc4nnc5n4CCCC5)c(=O)c(O)c3C(=O)N12.